The third kappa shape index (κ3) is 2.17. The number of hydrogen-bond donors (Lipinski definition) is 1. The van der Waals surface area contributed by atoms with Crippen molar-refractivity contribution in [3.63, 3.8) is 0 Å². The van der Waals surface area contributed by atoms with E-state index in [9.17, 15) is 0 Å². The smallest absolute Gasteiger partial charge is 0.195 e. The molecule has 0 amide bonds. The van der Waals surface area contributed by atoms with E-state index in [0.29, 0.717) is 5.82 Å². The van der Waals surface area contributed by atoms with Crippen molar-refractivity contribution in [1.29, 1.82) is 0 Å². The number of aryl methyl sites for hydroxylation is 1. The molecule has 0 radical (unpaired) electrons. The van der Waals surface area contributed by atoms with Gasteiger partial charge >= 0.3 is 0 Å². The van der Waals surface area contributed by atoms with Crippen molar-refractivity contribution < 1.29 is 0 Å². The molecule has 3 heterocycles. The molecule has 0 spiro atoms. The highest BCUT2D eigenvalue weighted by molar-refractivity contribution is 7.99. The number of nitrogen functional groups attached to an aromatic ring is 1. The summed E-state index contributed by atoms with van der Waals surface area (Å²) in [5, 5.41) is 13.3. The summed E-state index contributed by atoms with van der Waals surface area (Å²) in [7, 11) is 0. The fourth-order valence-electron chi connectivity index (χ4n) is 1.65. The Bertz CT molecular complexity index is 658. The van der Waals surface area contributed by atoms with E-state index >= 15 is 0 Å². The number of rotatable bonds is 4. The highest BCUT2D eigenvalue weighted by atomic mass is 32.2. The number of nitrogens with two attached hydrogens (primary N) is 1. The van der Waals surface area contributed by atoms with Gasteiger partial charge in [0.2, 0.25) is 0 Å². The summed E-state index contributed by atoms with van der Waals surface area (Å²) in [4.78, 5) is 0. The van der Waals surface area contributed by atoms with Crippen LogP contribution in [0.25, 0.3) is 5.65 Å². The largest absolute Gasteiger partial charge is 0.382 e. The van der Waals surface area contributed by atoms with Crippen LogP contribution in [0.2, 0.25) is 0 Å². The van der Waals surface area contributed by atoms with E-state index in [0.717, 1.165) is 23.1 Å². The Hall–Kier alpha value is -2.02. The second kappa shape index (κ2) is 4.69. The van der Waals surface area contributed by atoms with Crippen LogP contribution in [0.15, 0.2) is 41.8 Å². The molecule has 3 aromatic heterocycles. The molecule has 0 aliphatic rings. The maximum Gasteiger partial charge on any atom is 0.195 e. The maximum absolute atomic E-state index is 5.55. The van der Waals surface area contributed by atoms with Gasteiger partial charge < -0.3 is 5.73 Å². The Balaban J connectivity index is 1.66. The van der Waals surface area contributed by atoms with Crippen LogP contribution in [0.3, 0.4) is 0 Å². The van der Waals surface area contributed by atoms with Crippen LogP contribution in [-0.2, 0) is 6.54 Å². The van der Waals surface area contributed by atoms with E-state index in [1.807, 2.05) is 39.7 Å². The molecule has 3 aromatic rings. The molecule has 0 fully saturated rings. The van der Waals surface area contributed by atoms with Crippen molar-refractivity contribution in [3.8, 4) is 0 Å². The Labute approximate surface area is 108 Å². The zero-order valence-electron chi connectivity index (χ0n) is 9.60. The topological polar surface area (TPSA) is 74.0 Å². The predicted molar refractivity (Wildman–Crippen MR) is 70.4 cm³/mol. The molecule has 7 heteroatoms. The summed E-state index contributed by atoms with van der Waals surface area (Å²) in [5.41, 5.74) is 6.42. The molecular weight excluding hydrogens is 248 g/mol. The highest BCUT2D eigenvalue weighted by Crippen LogP contribution is 2.16. The van der Waals surface area contributed by atoms with Crippen LogP contribution in [-0.4, -0.2) is 30.1 Å². The standard InChI is InChI=1S/C11H12N6S/c12-9-4-6-16(15-9)7-8-18-11-14-13-10-3-1-2-5-17(10)11/h1-6H,7-8H2,(H2,12,15). The summed E-state index contributed by atoms with van der Waals surface area (Å²) >= 11 is 1.65. The van der Waals surface area contributed by atoms with Crippen molar-refractivity contribution in [1.82, 2.24) is 24.4 Å². The van der Waals surface area contributed by atoms with Crippen LogP contribution in [0.5, 0.6) is 0 Å². The first-order valence-electron chi connectivity index (χ1n) is 5.54. The lowest BCUT2D eigenvalue weighted by atomic mass is 10.5. The van der Waals surface area contributed by atoms with Crippen molar-refractivity contribution >= 4 is 23.2 Å². The van der Waals surface area contributed by atoms with Crippen LogP contribution in [0, 0.1) is 0 Å². The van der Waals surface area contributed by atoms with Crippen LogP contribution in [0.4, 0.5) is 5.82 Å². The van der Waals surface area contributed by atoms with Gasteiger partial charge in [-0.1, -0.05) is 17.8 Å². The Morgan fingerprint density at radius 3 is 2.94 bits per heavy atom. The third-order valence-corrected chi connectivity index (χ3v) is 3.42. The zero-order valence-corrected chi connectivity index (χ0v) is 10.4. The number of fused-ring (bicyclic) bond motifs is 1. The molecule has 0 aliphatic carbocycles. The fourth-order valence-corrected chi connectivity index (χ4v) is 2.50. The lowest BCUT2D eigenvalue weighted by Gasteiger charge is -2.00. The normalized spacial score (nSPS) is 11.1. The first kappa shape index (κ1) is 11.1. The lowest BCUT2D eigenvalue weighted by Crippen LogP contribution is -2.02. The summed E-state index contributed by atoms with van der Waals surface area (Å²) in [6, 6.07) is 7.64. The molecule has 18 heavy (non-hydrogen) atoms. The lowest BCUT2D eigenvalue weighted by molar-refractivity contribution is 0.668. The van der Waals surface area contributed by atoms with Gasteiger partial charge in [-0.05, 0) is 18.2 Å². The van der Waals surface area contributed by atoms with Gasteiger partial charge in [0.15, 0.2) is 10.8 Å². The van der Waals surface area contributed by atoms with Gasteiger partial charge in [-0.2, -0.15) is 5.10 Å². The molecule has 92 valence electrons. The molecule has 6 nitrogen and oxygen atoms in total. The number of aromatic nitrogens is 5. The van der Waals surface area contributed by atoms with Crippen LogP contribution >= 0.6 is 11.8 Å². The Morgan fingerprint density at radius 1 is 1.17 bits per heavy atom. The monoisotopic (exact) mass is 260 g/mol. The molecule has 2 N–H and O–H groups in total. The third-order valence-electron chi connectivity index (χ3n) is 2.50. The van der Waals surface area contributed by atoms with Gasteiger partial charge in [0.1, 0.15) is 5.82 Å². The van der Waals surface area contributed by atoms with E-state index in [4.69, 9.17) is 5.73 Å². The second-order valence-corrected chi connectivity index (χ2v) is 4.83. The average molecular weight is 260 g/mol. The minimum absolute atomic E-state index is 0.549. The minimum atomic E-state index is 0.549. The first-order chi connectivity index (χ1) is 8.83. The van der Waals surface area contributed by atoms with E-state index in [2.05, 4.69) is 15.3 Å². The SMILES string of the molecule is Nc1ccn(CCSc2nnc3ccccn23)n1. The maximum atomic E-state index is 5.55. The zero-order chi connectivity index (χ0) is 12.4. The molecule has 0 aromatic carbocycles. The number of pyridine rings is 1. The molecule has 0 unspecified atom stereocenters. The van der Waals surface area contributed by atoms with Gasteiger partial charge in [0, 0.05) is 18.1 Å². The molecular formula is C11H12N6S. The summed E-state index contributed by atoms with van der Waals surface area (Å²) in [6.45, 7) is 0.795. The van der Waals surface area contributed by atoms with E-state index < -0.39 is 0 Å². The van der Waals surface area contributed by atoms with Crippen molar-refractivity contribution in [2.45, 2.75) is 11.7 Å². The Morgan fingerprint density at radius 2 is 2.11 bits per heavy atom. The van der Waals surface area contributed by atoms with Gasteiger partial charge in [-0.15, -0.1) is 10.2 Å². The quantitative estimate of drug-likeness (QED) is 0.716. The van der Waals surface area contributed by atoms with Gasteiger partial charge in [-0.25, -0.2) is 0 Å². The summed E-state index contributed by atoms with van der Waals surface area (Å²) < 4.78 is 3.80. The van der Waals surface area contributed by atoms with Crippen LogP contribution < -0.4 is 5.73 Å². The molecule has 3 rings (SSSR count). The van der Waals surface area contributed by atoms with Gasteiger partial charge in [-0.3, -0.25) is 9.08 Å². The van der Waals surface area contributed by atoms with Crippen molar-refractivity contribution in [2.75, 3.05) is 11.5 Å². The van der Waals surface area contributed by atoms with Crippen molar-refractivity contribution in [3.05, 3.63) is 36.7 Å². The van der Waals surface area contributed by atoms with Crippen LogP contribution in [0.1, 0.15) is 0 Å². The Kier molecular flexibility index (Phi) is 2.89. The molecule has 0 bridgehead atoms. The van der Waals surface area contributed by atoms with Crippen molar-refractivity contribution in [2.24, 2.45) is 0 Å². The summed E-state index contributed by atoms with van der Waals surface area (Å²) in [6.07, 6.45) is 3.83. The van der Waals surface area contributed by atoms with E-state index in [1.54, 1.807) is 17.8 Å². The first-order valence-corrected chi connectivity index (χ1v) is 6.53. The predicted octanol–water partition coefficient (Wildman–Crippen LogP) is 1.30. The van der Waals surface area contributed by atoms with Gasteiger partial charge in [0.25, 0.3) is 0 Å². The molecule has 0 atom stereocenters. The number of hydrogen-bond acceptors (Lipinski definition) is 5. The van der Waals surface area contributed by atoms with E-state index in [1.165, 1.54) is 0 Å². The number of thioether (sulfide) groups is 1. The molecule has 0 saturated heterocycles. The summed E-state index contributed by atoms with van der Waals surface area (Å²) in [5.74, 6) is 1.42. The average Bonchev–Trinajstić information content (AvgIpc) is 2.97. The highest BCUT2D eigenvalue weighted by Gasteiger charge is 2.04. The van der Waals surface area contributed by atoms with Gasteiger partial charge in [0.05, 0.1) is 6.54 Å². The fraction of sp³-hybridized carbons (Fsp3) is 0.182. The number of nitrogens with zero attached hydrogens (tertiary/aromatic N) is 5. The minimum Gasteiger partial charge on any atom is -0.382 e. The molecule has 0 saturated carbocycles. The second-order valence-electron chi connectivity index (χ2n) is 3.76. The van der Waals surface area contributed by atoms with E-state index in [-0.39, 0.29) is 0 Å². The molecule has 0 aliphatic heterocycles. The number of anilines is 1.